The summed E-state index contributed by atoms with van der Waals surface area (Å²) in [4.78, 5) is 0. The standard InChI is InChI=1S/C16H18O2/c1-3-17-13(2)18-16-12-8-7-11-15(16)14-9-5-4-6-10-14/h4-13H,3H2,1-2H3. The van der Waals surface area contributed by atoms with Gasteiger partial charge < -0.3 is 9.47 Å². The van der Waals surface area contributed by atoms with Gasteiger partial charge in [0.2, 0.25) is 0 Å². The third kappa shape index (κ3) is 3.11. The lowest BCUT2D eigenvalue weighted by molar-refractivity contribution is -0.0610. The minimum atomic E-state index is -0.236. The summed E-state index contributed by atoms with van der Waals surface area (Å²) in [6.07, 6.45) is -0.236. The largest absolute Gasteiger partial charge is 0.465 e. The third-order valence-corrected chi connectivity index (χ3v) is 2.67. The Labute approximate surface area is 108 Å². The number of ether oxygens (including phenoxy) is 2. The highest BCUT2D eigenvalue weighted by Crippen LogP contribution is 2.30. The fourth-order valence-electron chi connectivity index (χ4n) is 1.87. The lowest BCUT2D eigenvalue weighted by Crippen LogP contribution is -2.16. The topological polar surface area (TPSA) is 18.5 Å². The van der Waals surface area contributed by atoms with Gasteiger partial charge in [-0.15, -0.1) is 0 Å². The van der Waals surface area contributed by atoms with Crippen LogP contribution in [-0.2, 0) is 4.74 Å². The summed E-state index contributed by atoms with van der Waals surface area (Å²) >= 11 is 0. The first kappa shape index (κ1) is 12.7. The second-order valence-electron chi connectivity index (χ2n) is 4.00. The molecule has 0 fully saturated rings. The summed E-state index contributed by atoms with van der Waals surface area (Å²) in [5.41, 5.74) is 2.24. The van der Waals surface area contributed by atoms with Crippen molar-refractivity contribution >= 4 is 0 Å². The molecule has 1 unspecified atom stereocenters. The Morgan fingerprint density at radius 1 is 0.944 bits per heavy atom. The minimum absolute atomic E-state index is 0.236. The van der Waals surface area contributed by atoms with Crippen molar-refractivity contribution < 1.29 is 9.47 Å². The van der Waals surface area contributed by atoms with Crippen molar-refractivity contribution in [3.63, 3.8) is 0 Å². The maximum Gasteiger partial charge on any atom is 0.196 e. The highest BCUT2D eigenvalue weighted by molar-refractivity contribution is 5.70. The number of rotatable bonds is 5. The Bertz CT molecular complexity index is 479. The molecule has 0 aliphatic rings. The second-order valence-corrected chi connectivity index (χ2v) is 4.00. The Balaban J connectivity index is 2.26. The third-order valence-electron chi connectivity index (χ3n) is 2.67. The molecule has 0 aliphatic heterocycles. The molecule has 2 heteroatoms. The maximum absolute atomic E-state index is 5.82. The van der Waals surface area contributed by atoms with E-state index in [0.29, 0.717) is 6.61 Å². The van der Waals surface area contributed by atoms with Crippen LogP contribution < -0.4 is 4.74 Å². The summed E-state index contributed by atoms with van der Waals surface area (Å²) in [5, 5.41) is 0. The van der Waals surface area contributed by atoms with Crippen LogP contribution in [0.15, 0.2) is 54.6 Å². The van der Waals surface area contributed by atoms with Gasteiger partial charge in [0.1, 0.15) is 5.75 Å². The molecule has 0 saturated carbocycles. The van der Waals surface area contributed by atoms with E-state index in [0.717, 1.165) is 16.9 Å². The van der Waals surface area contributed by atoms with E-state index in [-0.39, 0.29) is 6.29 Å². The van der Waals surface area contributed by atoms with E-state index in [1.807, 2.05) is 50.2 Å². The zero-order chi connectivity index (χ0) is 12.8. The molecule has 94 valence electrons. The molecular formula is C16H18O2. The van der Waals surface area contributed by atoms with E-state index in [1.165, 1.54) is 0 Å². The van der Waals surface area contributed by atoms with Crippen LogP contribution in [0.3, 0.4) is 0 Å². The minimum Gasteiger partial charge on any atom is -0.465 e. The molecule has 0 aliphatic carbocycles. The smallest absolute Gasteiger partial charge is 0.196 e. The van der Waals surface area contributed by atoms with Gasteiger partial charge in [-0.3, -0.25) is 0 Å². The monoisotopic (exact) mass is 242 g/mol. The van der Waals surface area contributed by atoms with Gasteiger partial charge in [-0.25, -0.2) is 0 Å². The quantitative estimate of drug-likeness (QED) is 0.734. The van der Waals surface area contributed by atoms with Crippen LogP contribution in [0.1, 0.15) is 13.8 Å². The van der Waals surface area contributed by atoms with Crippen LogP contribution >= 0.6 is 0 Å². The lowest BCUT2D eigenvalue weighted by atomic mass is 10.1. The van der Waals surface area contributed by atoms with Gasteiger partial charge in [0.05, 0.1) is 0 Å². The molecular weight excluding hydrogens is 224 g/mol. The van der Waals surface area contributed by atoms with E-state index >= 15 is 0 Å². The van der Waals surface area contributed by atoms with Crippen LogP contribution in [0.5, 0.6) is 5.75 Å². The van der Waals surface area contributed by atoms with Crippen molar-refractivity contribution in [2.45, 2.75) is 20.1 Å². The molecule has 0 heterocycles. The average Bonchev–Trinajstić information content (AvgIpc) is 2.40. The molecule has 2 aromatic rings. The molecule has 0 saturated heterocycles. The molecule has 0 bridgehead atoms. The Morgan fingerprint density at radius 2 is 1.61 bits per heavy atom. The van der Waals surface area contributed by atoms with Crippen molar-refractivity contribution in [3.05, 3.63) is 54.6 Å². The molecule has 0 radical (unpaired) electrons. The molecule has 1 atom stereocenters. The van der Waals surface area contributed by atoms with Gasteiger partial charge in [-0.2, -0.15) is 0 Å². The van der Waals surface area contributed by atoms with E-state index in [9.17, 15) is 0 Å². The van der Waals surface area contributed by atoms with E-state index in [2.05, 4.69) is 18.2 Å². The number of benzene rings is 2. The van der Waals surface area contributed by atoms with Gasteiger partial charge in [0, 0.05) is 12.2 Å². The first-order chi connectivity index (χ1) is 8.81. The predicted octanol–water partition coefficient (Wildman–Crippen LogP) is 4.11. The van der Waals surface area contributed by atoms with Crippen molar-refractivity contribution in [1.82, 2.24) is 0 Å². The summed E-state index contributed by atoms with van der Waals surface area (Å²) in [6.45, 7) is 4.52. The fraction of sp³-hybridized carbons (Fsp3) is 0.250. The molecule has 0 aromatic heterocycles. The molecule has 2 aromatic carbocycles. The lowest BCUT2D eigenvalue weighted by Gasteiger charge is -2.17. The van der Waals surface area contributed by atoms with Gasteiger partial charge in [0.25, 0.3) is 0 Å². The molecule has 0 amide bonds. The van der Waals surface area contributed by atoms with Crippen LogP contribution in [-0.4, -0.2) is 12.9 Å². The summed E-state index contributed by atoms with van der Waals surface area (Å²) in [7, 11) is 0. The number of hydrogen-bond donors (Lipinski definition) is 0. The molecule has 0 spiro atoms. The predicted molar refractivity (Wildman–Crippen MR) is 73.6 cm³/mol. The summed E-state index contributed by atoms with van der Waals surface area (Å²) < 4.78 is 11.2. The van der Waals surface area contributed by atoms with Gasteiger partial charge >= 0.3 is 0 Å². The van der Waals surface area contributed by atoms with Gasteiger partial charge in [-0.05, 0) is 25.5 Å². The highest BCUT2D eigenvalue weighted by Gasteiger charge is 2.08. The number of para-hydroxylation sites is 1. The van der Waals surface area contributed by atoms with Crippen molar-refractivity contribution in [2.75, 3.05) is 6.61 Å². The molecule has 0 N–H and O–H groups in total. The normalized spacial score (nSPS) is 12.1. The second kappa shape index (κ2) is 6.22. The molecule has 2 rings (SSSR count). The van der Waals surface area contributed by atoms with Gasteiger partial charge in [-0.1, -0.05) is 48.5 Å². The van der Waals surface area contributed by atoms with Crippen molar-refractivity contribution in [2.24, 2.45) is 0 Å². The highest BCUT2D eigenvalue weighted by atomic mass is 16.7. The van der Waals surface area contributed by atoms with Crippen LogP contribution in [0.25, 0.3) is 11.1 Å². The van der Waals surface area contributed by atoms with Crippen molar-refractivity contribution in [3.8, 4) is 16.9 Å². The van der Waals surface area contributed by atoms with E-state index in [1.54, 1.807) is 0 Å². The SMILES string of the molecule is CCOC(C)Oc1ccccc1-c1ccccc1. The maximum atomic E-state index is 5.82. The average molecular weight is 242 g/mol. The van der Waals surface area contributed by atoms with E-state index in [4.69, 9.17) is 9.47 Å². The van der Waals surface area contributed by atoms with Crippen LogP contribution in [0.4, 0.5) is 0 Å². The first-order valence-electron chi connectivity index (χ1n) is 6.24. The zero-order valence-electron chi connectivity index (χ0n) is 10.8. The van der Waals surface area contributed by atoms with Crippen LogP contribution in [0.2, 0.25) is 0 Å². The van der Waals surface area contributed by atoms with E-state index < -0.39 is 0 Å². The zero-order valence-corrected chi connectivity index (χ0v) is 10.8. The summed E-state index contributed by atoms with van der Waals surface area (Å²) in [5.74, 6) is 0.852. The molecule has 2 nitrogen and oxygen atoms in total. The van der Waals surface area contributed by atoms with Gasteiger partial charge in [0.15, 0.2) is 6.29 Å². The first-order valence-corrected chi connectivity index (χ1v) is 6.24. The Kier molecular flexibility index (Phi) is 4.37. The number of hydrogen-bond acceptors (Lipinski definition) is 2. The fourth-order valence-corrected chi connectivity index (χ4v) is 1.87. The molecule has 18 heavy (non-hydrogen) atoms. The Hall–Kier alpha value is -1.80. The Morgan fingerprint density at radius 3 is 2.33 bits per heavy atom. The summed E-state index contributed by atoms with van der Waals surface area (Å²) in [6, 6.07) is 18.2. The van der Waals surface area contributed by atoms with Crippen LogP contribution in [0, 0.1) is 0 Å². The van der Waals surface area contributed by atoms with Crippen molar-refractivity contribution in [1.29, 1.82) is 0 Å².